The topological polar surface area (TPSA) is 48.3 Å². The second kappa shape index (κ2) is 6.77. The van der Waals surface area contributed by atoms with Gasteiger partial charge in [0.2, 0.25) is 0 Å². The number of hydrogen-bond donors (Lipinski definition) is 1. The van der Waals surface area contributed by atoms with Crippen molar-refractivity contribution in [1.29, 1.82) is 5.26 Å². The van der Waals surface area contributed by atoms with Crippen molar-refractivity contribution in [2.45, 2.75) is 18.9 Å². The molecular formula is C10H21N3O. The number of nitriles is 1. The summed E-state index contributed by atoms with van der Waals surface area (Å²) >= 11 is 0. The maximum Gasteiger partial charge on any atom is 0.106 e. The molecule has 0 heterocycles. The van der Waals surface area contributed by atoms with Crippen molar-refractivity contribution in [1.82, 2.24) is 10.2 Å². The molecule has 0 aliphatic carbocycles. The molecule has 0 aliphatic heterocycles. The van der Waals surface area contributed by atoms with Gasteiger partial charge in [-0.05, 0) is 21.0 Å². The summed E-state index contributed by atoms with van der Waals surface area (Å²) in [6.45, 7) is 4.27. The minimum atomic E-state index is -0.466. The van der Waals surface area contributed by atoms with Crippen LogP contribution in [0.1, 0.15) is 13.3 Å². The summed E-state index contributed by atoms with van der Waals surface area (Å²) in [6.07, 6.45) is 0.716. The minimum absolute atomic E-state index is 0.466. The largest absolute Gasteiger partial charge is 0.385 e. The number of ether oxygens (including phenoxy) is 1. The van der Waals surface area contributed by atoms with Gasteiger partial charge in [-0.1, -0.05) is 0 Å². The van der Waals surface area contributed by atoms with E-state index in [0.29, 0.717) is 13.0 Å². The summed E-state index contributed by atoms with van der Waals surface area (Å²) in [5.41, 5.74) is -0.466. The van der Waals surface area contributed by atoms with Crippen LogP contribution in [-0.2, 0) is 4.74 Å². The van der Waals surface area contributed by atoms with Gasteiger partial charge in [0.25, 0.3) is 0 Å². The average Bonchev–Trinajstić information content (AvgIpc) is 2.14. The van der Waals surface area contributed by atoms with E-state index < -0.39 is 5.54 Å². The molecule has 0 fully saturated rings. The number of hydrogen-bond acceptors (Lipinski definition) is 4. The Morgan fingerprint density at radius 2 is 2.14 bits per heavy atom. The third-order valence-corrected chi connectivity index (χ3v) is 2.13. The first-order chi connectivity index (χ1) is 6.54. The quantitative estimate of drug-likeness (QED) is 0.647. The lowest BCUT2D eigenvalue weighted by molar-refractivity contribution is 0.173. The number of likely N-dealkylation sites (N-methyl/N-ethyl adjacent to an activating group) is 1. The van der Waals surface area contributed by atoms with Crippen molar-refractivity contribution in [2.24, 2.45) is 0 Å². The second-order valence-electron chi connectivity index (χ2n) is 3.92. The molecular weight excluding hydrogens is 178 g/mol. The zero-order valence-corrected chi connectivity index (χ0v) is 9.63. The van der Waals surface area contributed by atoms with Crippen LogP contribution in [0.25, 0.3) is 0 Å². The molecule has 14 heavy (non-hydrogen) atoms. The van der Waals surface area contributed by atoms with Crippen LogP contribution < -0.4 is 5.32 Å². The highest BCUT2D eigenvalue weighted by Crippen LogP contribution is 2.07. The molecule has 0 aromatic carbocycles. The van der Waals surface area contributed by atoms with E-state index in [1.165, 1.54) is 0 Å². The van der Waals surface area contributed by atoms with Gasteiger partial charge in [0, 0.05) is 33.2 Å². The summed E-state index contributed by atoms with van der Waals surface area (Å²) in [5, 5.41) is 12.2. The van der Waals surface area contributed by atoms with Crippen molar-refractivity contribution < 1.29 is 4.74 Å². The number of rotatable bonds is 7. The first-order valence-corrected chi connectivity index (χ1v) is 4.84. The van der Waals surface area contributed by atoms with Gasteiger partial charge < -0.3 is 9.64 Å². The van der Waals surface area contributed by atoms with Crippen molar-refractivity contribution in [3.63, 3.8) is 0 Å². The Morgan fingerprint density at radius 1 is 1.50 bits per heavy atom. The van der Waals surface area contributed by atoms with Gasteiger partial charge in [-0.2, -0.15) is 5.26 Å². The zero-order chi connectivity index (χ0) is 11.0. The highest BCUT2D eigenvalue weighted by atomic mass is 16.5. The fourth-order valence-corrected chi connectivity index (χ4v) is 1.05. The van der Waals surface area contributed by atoms with E-state index >= 15 is 0 Å². The number of methoxy groups -OCH3 is 1. The van der Waals surface area contributed by atoms with E-state index in [1.54, 1.807) is 7.11 Å². The van der Waals surface area contributed by atoms with E-state index in [1.807, 2.05) is 21.0 Å². The highest BCUT2D eigenvalue weighted by molar-refractivity contribution is 5.03. The minimum Gasteiger partial charge on any atom is -0.385 e. The summed E-state index contributed by atoms with van der Waals surface area (Å²) in [4.78, 5) is 2.08. The Hall–Kier alpha value is -0.630. The van der Waals surface area contributed by atoms with Crippen LogP contribution in [0.3, 0.4) is 0 Å². The predicted octanol–water partition coefficient (Wildman–Crippen LogP) is 0.456. The Labute approximate surface area is 86.8 Å². The predicted molar refractivity (Wildman–Crippen MR) is 57.1 cm³/mol. The first-order valence-electron chi connectivity index (χ1n) is 4.84. The summed E-state index contributed by atoms with van der Waals surface area (Å²) in [6, 6.07) is 2.28. The van der Waals surface area contributed by atoms with Crippen molar-refractivity contribution in [3.8, 4) is 6.07 Å². The average molecular weight is 199 g/mol. The van der Waals surface area contributed by atoms with E-state index in [4.69, 9.17) is 10.00 Å². The summed E-state index contributed by atoms with van der Waals surface area (Å²) < 4.78 is 4.97. The van der Waals surface area contributed by atoms with Crippen LogP contribution in [0.4, 0.5) is 0 Å². The van der Waals surface area contributed by atoms with Crippen LogP contribution in [-0.4, -0.2) is 51.3 Å². The van der Waals surface area contributed by atoms with Gasteiger partial charge in [-0.3, -0.25) is 5.32 Å². The molecule has 0 bridgehead atoms. The normalized spacial score (nSPS) is 15.1. The Kier molecular flexibility index (Phi) is 6.46. The molecule has 0 radical (unpaired) electrons. The van der Waals surface area contributed by atoms with Crippen LogP contribution in [0.2, 0.25) is 0 Å². The molecule has 0 aliphatic rings. The van der Waals surface area contributed by atoms with Crippen molar-refractivity contribution in [2.75, 3.05) is 40.9 Å². The molecule has 0 aromatic heterocycles. The van der Waals surface area contributed by atoms with E-state index in [-0.39, 0.29) is 0 Å². The van der Waals surface area contributed by atoms with E-state index in [2.05, 4.69) is 16.3 Å². The fraction of sp³-hybridized carbons (Fsp3) is 0.900. The maximum absolute atomic E-state index is 9.00. The van der Waals surface area contributed by atoms with Crippen LogP contribution in [0.15, 0.2) is 0 Å². The molecule has 0 saturated heterocycles. The van der Waals surface area contributed by atoms with Gasteiger partial charge in [-0.15, -0.1) is 0 Å². The Bertz CT molecular complexity index is 188. The van der Waals surface area contributed by atoms with E-state index in [0.717, 1.165) is 13.1 Å². The summed E-state index contributed by atoms with van der Waals surface area (Å²) in [5.74, 6) is 0. The second-order valence-corrected chi connectivity index (χ2v) is 3.92. The standard InChI is InChI=1S/C10H21N3O/c1-10(9-11,5-8-14-4)12-6-7-13(2)3/h12H,5-8H2,1-4H3. The maximum atomic E-state index is 9.00. The lowest BCUT2D eigenvalue weighted by atomic mass is 10.0. The molecule has 4 heteroatoms. The molecule has 0 rings (SSSR count). The molecule has 1 atom stereocenters. The monoisotopic (exact) mass is 199 g/mol. The molecule has 0 saturated carbocycles. The molecule has 4 nitrogen and oxygen atoms in total. The van der Waals surface area contributed by atoms with Gasteiger partial charge in [0.05, 0.1) is 6.07 Å². The lowest BCUT2D eigenvalue weighted by Crippen LogP contribution is -2.44. The van der Waals surface area contributed by atoms with Gasteiger partial charge in [0.1, 0.15) is 5.54 Å². The molecule has 1 N–H and O–H groups in total. The molecule has 82 valence electrons. The number of nitrogens with one attached hydrogen (secondary N) is 1. The SMILES string of the molecule is COCCC(C)(C#N)NCCN(C)C. The number of nitrogens with zero attached hydrogens (tertiary/aromatic N) is 2. The van der Waals surface area contributed by atoms with Crippen LogP contribution >= 0.6 is 0 Å². The van der Waals surface area contributed by atoms with Gasteiger partial charge >= 0.3 is 0 Å². The Morgan fingerprint density at radius 3 is 2.57 bits per heavy atom. The van der Waals surface area contributed by atoms with Crippen LogP contribution in [0.5, 0.6) is 0 Å². The van der Waals surface area contributed by atoms with Gasteiger partial charge in [-0.25, -0.2) is 0 Å². The van der Waals surface area contributed by atoms with E-state index in [9.17, 15) is 0 Å². The van der Waals surface area contributed by atoms with Crippen LogP contribution in [0, 0.1) is 11.3 Å². The smallest absolute Gasteiger partial charge is 0.106 e. The third-order valence-electron chi connectivity index (χ3n) is 2.13. The van der Waals surface area contributed by atoms with Gasteiger partial charge in [0.15, 0.2) is 0 Å². The molecule has 0 spiro atoms. The zero-order valence-electron chi connectivity index (χ0n) is 9.63. The summed E-state index contributed by atoms with van der Waals surface area (Å²) in [7, 11) is 5.68. The van der Waals surface area contributed by atoms with Crippen molar-refractivity contribution in [3.05, 3.63) is 0 Å². The third kappa shape index (κ3) is 5.92. The van der Waals surface area contributed by atoms with Crippen molar-refractivity contribution >= 4 is 0 Å². The molecule has 0 amide bonds. The molecule has 1 unspecified atom stereocenters. The fourth-order valence-electron chi connectivity index (χ4n) is 1.05. The Balaban J connectivity index is 3.82. The first kappa shape index (κ1) is 13.4. The highest BCUT2D eigenvalue weighted by Gasteiger charge is 2.21. The lowest BCUT2D eigenvalue weighted by Gasteiger charge is -2.23. The molecule has 0 aromatic rings.